The quantitative estimate of drug-likeness (QED) is 0.888. The zero-order valence-electron chi connectivity index (χ0n) is 11.2. The largest absolute Gasteiger partial charge is 0.310 e. The molecular weight excluding hydrogens is 222 g/mol. The van der Waals surface area contributed by atoms with E-state index >= 15 is 0 Å². The monoisotopic (exact) mass is 243 g/mol. The van der Waals surface area contributed by atoms with Crippen molar-refractivity contribution >= 4 is 0 Å². The number of nitrogens with zero attached hydrogens (tertiary/aromatic N) is 2. The summed E-state index contributed by atoms with van der Waals surface area (Å²) >= 11 is 0. The van der Waals surface area contributed by atoms with Crippen LogP contribution in [-0.2, 0) is 6.54 Å². The van der Waals surface area contributed by atoms with Crippen LogP contribution in [0.2, 0.25) is 0 Å². The Hall–Kier alpha value is -1.40. The average Bonchev–Trinajstić information content (AvgIpc) is 2.41. The molecule has 1 aromatic heterocycles. The predicted octanol–water partition coefficient (Wildman–Crippen LogP) is 2.87. The summed E-state index contributed by atoms with van der Waals surface area (Å²) in [6, 6.07) is 6.53. The average molecular weight is 243 g/mol. The number of pyridine rings is 1. The van der Waals surface area contributed by atoms with E-state index in [1.165, 1.54) is 19.3 Å². The van der Waals surface area contributed by atoms with Gasteiger partial charge in [-0.15, -0.1) is 0 Å². The highest BCUT2D eigenvalue weighted by Crippen LogP contribution is 2.29. The summed E-state index contributed by atoms with van der Waals surface area (Å²) in [6.07, 6.45) is 5.65. The maximum Gasteiger partial charge on any atom is 0.140 e. The Morgan fingerprint density at radius 3 is 3.06 bits per heavy atom. The number of nitrogens with one attached hydrogen (secondary N) is 1. The molecule has 2 rings (SSSR count). The van der Waals surface area contributed by atoms with E-state index in [-0.39, 0.29) is 0 Å². The molecule has 0 radical (unpaired) electrons. The van der Waals surface area contributed by atoms with Gasteiger partial charge in [0.05, 0.1) is 0 Å². The van der Waals surface area contributed by atoms with Gasteiger partial charge in [0, 0.05) is 18.8 Å². The van der Waals surface area contributed by atoms with Gasteiger partial charge in [0.15, 0.2) is 0 Å². The third-order valence-corrected chi connectivity index (χ3v) is 4.21. The van der Waals surface area contributed by atoms with Crippen molar-refractivity contribution in [3.05, 3.63) is 29.6 Å². The van der Waals surface area contributed by atoms with E-state index in [9.17, 15) is 0 Å². The fourth-order valence-corrected chi connectivity index (χ4v) is 2.76. The first-order chi connectivity index (χ1) is 8.70. The number of nitriles is 1. The summed E-state index contributed by atoms with van der Waals surface area (Å²) in [5, 5.41) is 12.5. The number of aromatic nitrogens is 1. The molecule has 0 bridgehead atoms. The molecular formula is C15H21N3. The fourth-order valence-electron chi connectivity index (χ4n) is 2.76. The van der Waals surface area contributed by atoms with Crippen molar-refractivity contribution in [3.63, 3.8) is 0 Å². The van der Waals surface area contributed by atoms with Crippen LogP contribution in [0, 0.1) is 23.2 Å². The summed E-state index contributed by atoms with van der Waals surface area (Å²) in [7, 11) is 0. The van der Waals surface area contributed by atoms with Crippen molar-refractivity contribution in [3.8, 4) is 6.07 Å². The standard InChI is InChI=1S/C15H21N3/c1-11-4-3-5-15(12(11)2)18-10-13-6-7-17-14(8-13)9-16/h6-8,11-12,15,18H,3-5,10H2,1-2H3. The van der Waals surface area contributed by atoms with Gasteiger partial charge in [-0.05, 0) is 36.0 Å². The van der Waals surface area contributed by atoms with Crippen LogP contribution >= 0.6 is 0 Å². The number of hydrogen-bond donors (Lipinski definition) is 1. The molecule has 3 nitrogen and oxygen atoms in total. The lowest BCUT2D eigenvalue weighted by Crippen LogP contribution is -2.40. The van der Waals surface area contributed by atoms with Crippen LogP contribution in [0.15, 0.2) is 18.3 Å². The molecule has 0 aromatic carbocycles. The zero-order chi connectivity index (χ0) is 13.0. The van der Waals surface area contributed by atoms with Gasteiger partial charge in [-0.3, -0.25) is 0 Å². The lowest BCUT2D eigenvalue weighted by molar-refractivity contribution is 0.206. The van der Waals surface area contributed by atoms with E-state index < -0.39 is 0 Å². The lowest BCUT2D eigenvalue weighted by Gasteiger charge is -2.34. The molecule has 1 heterocycles. The van der Waals surface area contributed by atoms with Crippen molar-refractivity contribution in [1.29, 1.82) is 5.26 Å². The molecule has 1 aliphatic rings. The lowest BCUT2D eigenvalue weighted by atomic mass is 9.78. The molecule has 96 valence electrons. The molecule has 0 saturated heterocycles. The van der Waals surface area contributed by atoms with Crippen LogP contribution in [0.3, 0.4) is 0 Å². The zero-order valence-corrected chi connectivity index (χ0v) is 11.2. The summed E-state index contributed by atoms with van der Waals surface area (Å²) in [5.41, 5.74) is 1.64. The molecule has 1 aliphatic carbocycles. The van der Waals surface area contributed by atoms with E-state index in [2.05, 4.69) is 30.2 Å². The second-order valence-electron chi connectivity index (χ2n) is 5.42. The maximum atomic E-state index is 8.82. The second kappa shape index (κ2) is 5.97. The Balaban J connectivity index is 1.92. The highest BCUT2D eigenvalue weighted by Gasteiger charge is 2.26. The topological polar surface area (TPSA) is 48.7 Å². The molecule has 18 heavy (non-hydrogen) atoms. The molecule has 3 unspecified atom stereocenters. The minimum atomic E-state index is 0.499. The fraction of sp³-hybridized carbons (Fsp3) is 0.600. The maximum absolute atomic E-state index is 8.82. The first-order valence-electron chi connectivity index (χ1n) is 6.79. The van der Waals surface area contributed by atoms with Crippen molar-refractivity contribution in [2.24, 2.45) is 11.8 Å². The Bertz CT molecular complexity index is 436. The molecule has 3 atom stereocenters. The van der Waals surface area contributed by atoms with E-state index in [4.69, 9.17) is 5.26 Å². The van der Waals surface area contributed by atoms with E-state index in [1.807, 2.05) is 12.1 Å². The number of hydrogen-bond acceptors (Lipinski definition) is 3. The minimum Gasteiger partial charge on any atom is -0.310 e. The first-order valence-corrected chi connectivity index (χ1v) is 6.79. The van der Waals surface area contributed by atoms with Crippen LogP contribution < -0.4 is 5.32 Å². The summed E-state index contributed by atoms with van der Waals surface area (Å²) < 4.78 is 0. The Morgan fingerprint density at radius 1 is 1.44 bits per heavy atom. The highest BCUT2D eigenvalue weighted by molar-refractivity contribution is 5.25. The van der Waals surface area contributed by atoms with Gasteiger partial charge in [-0.25, -0.2) is 4.98 Å². The van der Waals surface area contributed by atoms with Crippen molar-refractivity contribution in [2.75, 3.05) is 0 Å². The van der Waals surface area contributed by atoms with E-state index in [1.54, 1.807) is 6.20 Å². The SMILES string of the molecule is CC1CCCC(NCc2ccnc(C#N)c2)C1C. The smallest absolute Gasteiger partial charge is 0.140 e. The Morgan fingerprint density at radius 2 is 2.28 bits per heavy atom. The molecule has 1 aromatic rings. The van der Waals surface area contributed by atoms with Gasteiger partial charge in [0.1, 0.15) is 11.8 Å². The highest BCUT2D eigenvalue weighted by atomic mass is 14.9. The molecule has 1 N–H and O–H groups in total. The van der Waals surface area contributed by atoms with Gasteiger partial charge in [0.25, 0.3) is 0 Å². The minimum absolute atomic E-state index is 0.499. The molecule has 1 fully saturated rings. The molecule has 3 heteroatoms. The van der Waals surface area contributed by atoms with E-state index in [0.29, 0.717) is 11.7 Å². The van der Waals surface area contributed by atoms with Crippen LogP contribution in [0.1, 0.15) is 44.4 Å². The Kier molecular flexibility index (Phi) is 4.33. The van der Waals surface area contributed by atoms with Gasteiger partial charge in [-0.2, -0.15) is 5.26 Å². The third kappa shape index (κ3) is 3.08. The van der Waals surface area contributed by atoms with Crippen LogP contribution in [0.25, 0.3) is 0 Å². The third-order valence-electron chi connectivity index (χ3n) is 4.21. The van der Waals surface area contributed by atoms with Crippen LogP contribution in [-0.4, -0.2) is 11.0 Å². The van der Waals surface area contributed by atoms with Crippen LogP contribution in [0.5, 0.6) is 0 Å². The van der Waals surface area contributed by atoms with Gasteiger partial charge in [-0.1, -0.05) is 26.7 Å². The van der Waals surface area contributed by atoms with Crippen molar-refractivity contribution in [2.45, 2.75) is 45.7 Å². The van der Waals surface area contributed by atoms with Gasteiger partial charge in [0.2, 0.25) is 0 Å². The normalized spacial score (nSPS) is 27.7. The van der Waals surface area contributed by atoms with Crippen molar-refractivity contribution < 1.29 is 0 Å². The summed E-state index contributed by atoms with van der Waals surface area (Å²) in [5.74, 6) is 1.54. The van der Waals surface area contributed by atoms with Gasteiger partial charge < -0.3 is 5.32 Å². The predicted molar refractivity (Wildman–Crippen MR) is 71.8 cm³/mol. The second-order valence-corrected chi connectivity index (χ2v) is 5.42. The first kappa shape index (κ1) is 13.0. The van der Waals surface area contributed by atoms with E-state index in [0.717, 1.165) is 23.9 Å². The summed E-state index contributed by atoms with van der Waals surface area (Å²) in [4.78, 5) is 3.99. The van der Waals surface area contributed by atoms with Gasteiger partial charge >= 0.3 is 0 Å². The molecule has 0 spiro atoms. The van der Waals surface area contributed by atoms with Crippen molar-refractivity contribution in [1.82, 2.24) is 10.3 Å². The molecule has 0 aliphatic heterocycles. The molecule has 1 saturated carbocycles. The Labute approximate surface area is 109 Å². The van der Waals surface area contributed by atoms with Crippen LogP contribution in [0.4, 0.5) is 0 Å². The summed E-state index contributed by atoms with van der Waals surface area (Å²) in [6.45, 7) is 5.52. The molecule has 0 amide bonds. The number of rotatable bonds is 3.